The highest BCUT2D eigenvalue weighted by molar-refractivity contribution is 5.77. The molecule has 5 aromatic rings. The molecule has 0 aliphatic heterocycles. The van der Waals surface area contributed by atoms with Crippen LogP contribution >= 0.6 is 0 Å². The van der Waals surface area contributed by atoms with Gasteiger partial charge >= 0.3 is 6.61 Å². The van der Waals surface area contributed by atoms with Crippen molar-refractivity contribution in [2.45, 2.75) is 63.1 Å². The van der Waals surface area contributed by atoms with E-state index in [1.54, 1.807) is 16.8 Å². The van der Waals surface area contributed by atoms with Gasteiger partial charge in [-0.25, -0.2) is 10.1 Å². The van der Waals surface area contributed by atoms with Gasteiger partial charge in [0.25, 0.3) is 0 Å². The molecule has 1 fully saturated rings. The van der Waals surface area contributed by atoms with Crippen LogP contribution in [0.15, 0.2) is 73.1 Å². The van der Waals surface area contributed by atoms with E-state index >= 15 is 0 Å². The fourth-order valence-corrected chi connectivity index (χ4v) is 6.09. The van der Waals surface area contributed by atoms with Gasteiger partial charge < -0.3 is 15.8 Å². The number of ether oxygens (including phenoxy) is 1. The second kappa shape index (κ2) is 12.6. The van der Waals surface area contributed by atoms with Crippen molar-refractivity contribution in [1.82, 2.24) is 35.5 Å². The molecule has 11 heteroatoms. The third-order valence-corrected chi connectivity index (χ3v) is 8.11. The molecule has 4 N–H and O–H groups in total. The number of aromatic nitrogens is 6. The van der Waals surface area contributed by atoms with Crippen molar-refractivity contribution in [3.05, 3.63) is 95.3 Å². The van der Waals surface area contributed by atoms with Crippen LogP contribution in [0.1, 0.15) is 66.2 Å². The molecule has 0 spiro atoms. The van der Waals surface area contributed by atoms with E-state index in [1.807, 2.05) is 24.5 Å². The molecule has 3 heterocycles. The van der Waals surface area contributed by atoms with Gasteiger partial charge in [0.2, 0.25) is 0 Å². The van der Waals surface area contributed by atoms with E-state index in [0.29, 0.717) is 35.5 Å². The molecule has 0 radical (unpaired) electrons. The number of H-pyrrole nitrogens is 1. The number of halogens is 2. The average Bonchev–Trinajstić information content (AvgIpc) is 3.65. The summed E-state index contributed by atoms with van der Waals surface area (Å²) in [7, 11) is 0. The highest BCUT2D eigenvalue weighted by atomic mass is 19.3. The minimum atomic E-state index is -2.87. The molecule has 9 nitrogen and oxygen atoms in total. The van der Waals surface area contributed by atoms with Gasteiger partial charge in [-0.2, -0.15) is 13.9 Å². The molecule has 0 unspecified atom stereocenters. The van der Waals surface area contributed by atoms with E-state index in [1.165, 1.54) is 24.5 Å². The Morgan fingerprint density at radius 3 is 2.69 bits per heavy atom. The summed E-state index contributed by atoms with van der Waals surface area (Å²) in [6, 6.07) is 19.8. The first-order chi connectivity index (χ1) is 20.5. The van der Waals surface area contributed by atoms with Gasteiger partial charge in [0, 0.05) is 18.2 Å². The topological polar surface area (TPSA) is 120 Å². The average molecular weight is 573 g/mol. The normalized spacial score (nSPS) is 18.0. The molecule has 0 amide bonds. The number of nitrogens with two attached hydrogens (primary N) is 1. The van der Waals surface area contributed by atoms with Crippen LogP contribution in [0.25, 0.3) is 11.2 Å². The predicted octanol–water partition coefficient (Wildman–Crippen LogP) is 5.62. The van der Waals surface area contributed by atoms with Crippen LogP contribution in [-0.2, 0) is 6.54 Å². The minimum absolute atomic E-state index is 0.0571. The largest absolute Gasteiger partial charge is 0.435 e. The number of rotatable bonds is 11. The molecule has 6 rings (SSSR count). The summed E-state index contributed by atoms with van der Waals surface area (Å²) in [5, 5.41) is 19.5. The molecule has 1 atom stereocenters. The first-order valence-electron chi connectivity index (χ1n) is 14.3. The van der Waals surface area contributed by atoms with Gasteiger partial charge in [-0.05, 0) is 85.0 Å². The Labute approximate surface area is 242 Å². The monoisotopic (exact) mass is 572 g/mol. The Hall–Kier alpha value is -4.38. The Balaban J connectivity index is 1.16. The maximum absolute atomic E-state index is 12.7. The lowest BCUT2D eigenvalue weighted by Gasteiger charge is -2.30. The summed E-state index contributed by atoms with van der Waals surface area (Å²) in [5.74, 6) is 1.09. The molecule has 42 heavy (non-hydrogen) atoms. The second-order valence-corrected chi connectivity index (χ2v) is 10.9. The molecule has 3 aromatic heterocycles. The van der Waals surface area contributed by atoms with Gasteiger partial charge in [-0.15, -0.1) is 5.10 Å². The Kier molecular flexibility index (Phi) is 8.36. The summed E-state index contributed by atoms with van der Waals surface area (Å²) >= 11 is 0. The van der Waals surface area contributed by atoms with Gasteiger partial charge in [0.15, 0.2) is 5.65 Å². The first-order valence-corrected chi connectivity index (χ1v) is 14.3. The van der Waals surface area contributed by atoms with Crippen molar-refractivity contribution < 1.29 is 13.5 Å². The van der Waals surface area contributed by atoms with Gasteiger partial charge in [-0.3, -0.25) is 4.68 Å². The summed E-state index contributed by atoms with van der Waals surface area (Å²) in [6.07, 6.45) is 9.28. The molecule has 1 saturated carbocycles. The highest BCUT2D eigenvalue weighted by Gasteiger charge is 2.25. The van der Waals surface area contributed by atoms with Crippen molar-refractivity contribution in [2.24, 2.45) is 0 Å². The molecule has 0 bridgehead atoms. The maximum atomic E-state index is 12.7. The van der Waals surface area contributed by atoms with Crippen LogP contribution < -0.4 is 15.8 Å². The number of hydrogen-bond donors (Lipinski definition) is 3. The number of aromatic amines is 1. The van der Waals surface area contributed by atoms with Crippen LogP contribution in [0.4, 0.5) is 14.6 Å². The molecular formula is C31H34F2N8O. The van der Waals surface area contributed by atoms with E-state index < -0.39 is 6.61 Å². The number of anilines is 1. The predicted molar refractivity (Wildman–Crippen MR) is 156 cm³/mol. The summed E-state index contributed by atoms with van der Waals surface area (Å²) < 4.78 is 31.7. The fourth-order valence-electron chi connectivity index (χ4n) is 6.09. The lowest BCUT2D eigenvalue weighted by molar-refractivity contribution is -0.0498. The third kappa shape index (κ3) is 6.57. The van der Waals surface area contributed by atoms with Crippen LogP contribution in [0.2, 0.25) is 0 Å². The minimum Gasteiger partial charge on any atom is -0.435 e. The lowest BCUT2D eigenvalue weighted by atomic mass is 9.81. The zero-order chi connectivity index (χ0) is 28.9. The fraction of sp³-hybridized carbons (Fsp3) is 0.355. The highest BCUT2D eigenvalue weighted by Crippen LogP contribution is 2.34. The zero-order valence-corrected chi connectivity index (χ0v) is 23.2. The summed E-state index contributed by atoms with van der Waals surface area (Å²) in [5.41, 5.74) is 11.6. The van der Waals surface area contributed by atoms with Crippen molar-refractivity contribution in [3.8, 4) is 5.75 Å². The quantitative estimate of drug-likeness (QED) is 0.188. The van der Waals surface area contributed by atoms with Crippen LogP contribution in [0.3, 0.4) is 0 Å². The van der Waals surface area contributed by atoms with Crippen LogP contribution in [-0.4, -0.2) is 49.4 Å². The smallest absolute Gasteiger partial charge is 0.387 e. The van der Waals surface area contributed by atoms with Gasteiger partial charge in [0.05, 0.1) is 12.7 Å². The van der Waals surface area contributed by atoms with E-state index in [2.05, 4.69) is 65.9 Å². The number of fused-ring (bicyclic) bond motifs is 1. The van der Waals surface area contributed by atoms with Crippen molar-refractivity contribution in [2.75, 3.05) is 12.3 Å². The standard InChI is InChI=1S/C31H34F2N8O/c32-31(33)42-25-8-4-5-20(15-25)18-41-19-23(17-36-41)26(27-16-28(34)37-30-29(27)38-40-39-30)13-14-35-24-11-9-22(10-12-24)21-6-2-1-3-7-21/h1-8,15-17,19,22,24,26,31,35H,9-14,18H2,(H3,34,37,38,39,40)/t22-,24-,26-/m0/s1. The second-order valence-electron chi connectivity index (χ2n) is 10.9. The van der Waals surface area contributed by atoms with Gasteiger partial charge in [-0.1, -0.05) is 47.7 Å². The van der Waals surface area contributed by atoms with E-state index in [9.17, 15) is 8.78 Å². The van der Waals surface area contributed by atoms with Crippen LogP contribution in [0, 0.1) is 0 Å². The number of pyridine rings is 1. The number of nitrogens with zero attached hydrogens (tertiary/aromatic N) is 5. The number of alkyl halides is 2. The van der Waals surface area contributed by atoms with Crippen molar-refractivity contribution in [3.63, 3.8) is 0 Å². The maximum Gasteiger partial charge on any atom is 0.387 e. The van der Waals surface area contributed by atoms with Gasteiger partial charge in [0.1, 0.15) is 17.1 Å². The lowest BCUT2D eigenvalue weighted by Crippen LogP contribution is -2.34. The molecule has 1 aliphatic rings. The van der Waals surface area contributed by atoms with Crippen LogP contribution in [0.5, 0.6) is 5.75 Å². The molecule has 2 aromatic carbocycles. The zero-order valence-electron chi connectivity index (χ0n) is 23.2. The van der Waals surface area contributed by atoms with E-state index in [4.69, 9.17) is 5.73 Å². The van der Waals surface area contributed by atoms with E-state index in [0.717, 1.165) is 42.5 Å². The molecule has 218 valence electrons. The molecule has 1 aliphatic carbocycles. The Morgan fingerprint density at radius 1 is 1.05 bits per heavy atom. The van der Waals surface area contributed by atoms with E-state index in [-0.39, 0.29) is 11.7 Å². The summed E-state index contributed by atoms with van der Waals surface area (Å²) in [4.78, 5) is 4.34. The number of benzene rings is 2. The Bertz CT molecular complexity index is 1600. The van der Waals surface area contributed by atoms with Crippen molar-refractivity contribution in [1.29, 1.82) is 0 Å². The molecular weight excluding hydrogens is 538 g/mol. The number of hydrogen-bond acceptors (Lipinski definition) is 7. The number of nitrogen functional groups attached to an aromatic ring is 1. The Morgan fingerprint density at radius 2 is 1.88 bits per heavy atom. The number of nitrogens with one attached hydrogen (secondary N) is 2. The summed E-state index contributed by atoms with van der Waals surface area (Å²) in [6.45, 7) is -1.65. The first kappa shape index (κ1) is 27.8. The SMILES string of the molecule is Nc1cc([C@@H](CCN[C@H]2CC[C@H](c3ccccc3)CC2)c2cnn(Cc3cccc(OC(F)F)c3)c2)c2nn[nH]c2n1. The molecule has 0 saturated heterocycles. The van der Waals surface area contributed by atoms with Crippen molar-refractivity contribution >= 4 is 17.0 Å². The third-order valence-electron chi connectivity index (χ3n) is 8.11.